The monoisotopic (exact) mass is 248 g/mol. The van der Waals surface area contributed by atoms with Crippen LogP contribution in [0.3, 0.4) is 0 Å². The summed E-state index contributed by atoms with van der Waals surface area (Å²) in [6.07, 6.45) is 6.44. The van der Waals surface area contributed by atoms with Crippen molar-refractivity contribution in [2.45, 2.75) is 39.2 Å². The Morgan fingerprint density at radius 1 is 1.44 bits per heavy atom. The Kier molecular flexibility index (Phi) is 4.12. The normalized spacial score (nSPS) is 22.8. The maximum atomic E-state index is 12.0. The van der Waals surface area contributed by atoms with Gasteiger partial charge in [-0.25, -0.2) is 4.98 Å². The van der Waals surface area contributed by atoms with Crippen molar-refractivity contribution < 1.29 is 4.79 Å². The fourth-order valence-electron chi connectivity index (χ4n) is 2.34. The highest BCUT2D eigenvalue weighted by Crippen LogP contribution is 2.24. The van der Waals surface area contributed by atoms with Gasteiger partial charge in [0.05, 0.1) is 12.4 Å². The predicted molar refractivity (Wildman–Crippen MR) is 70.5 cm³/mol. The van der Waals surface area contributed by atoms with Crippen molar-refractivity contribution >= 4 is 11.7 Å². The molecule has 2 atom stereocenters. The lowest BCUT2D eigenvalue weighted by molar-refractivity contribution is 0.0932. The molecule has 5 nitrogen and oxygen atoms in total. The number of hydrogen-bond donors (Lipinski definition) is 2. The van der Waals surface area contributed by atoms with Crippen molar-refractivity contribution in [3.63, 3.8) is 0 Å². The summed E-state index contributed by atoms with van der Waals surface area (Å²) in [6, 6.07) is 0.289. The summed E-state index contributed by atoms with van der Waals surface area (Å²) in [5.74, 6) is 1.22. The van der Waals surface area contributed by atoms with Gasteiger partial charge in [-0.2, -0.15) is 0 Å². The summed E-state index contributed by atoms with van der Waals surface area (Å²) >= 11 is 0. The van der Waals surface area contributed by atoms with Crippen LogP contribution in [0.5, 0.6) is 0 Å². The number of anilines is 1. The molecule has 0 aromatic carbocycles. The summed E-state index contributed by atoms with van der Waals surface area (Å²) in [7, 11) is 0. The number of carbonyl (C=O) groups is 1. The fourth-order valence-corrected chi connectivity index (χ4v) is 2.34. The van der Waals surface area contributed by atoms with Gasteiger partial charge in [0, 0.05) is 12.6 Å². The fraction of sp³-hybridized carbons (Fsp3) is 0.615. The summed E-state index contributed by atoms with van der Waals surface area (Å²) in [4.78, 5) is 20.3. The van der Waals surface area contributed by atoms with E-state index in [1.54, 1.807) is 6.20 Å². The second kappa shape index (κ2) is 5.80. The molecule has 1 aromatic rings. The third-order valence-corrected chi connectivity index (χ3v) is 3.26. The molecule has 1 aromatic heterocycles. The first-order valence-electron chi connectivity index (χ1n) is 6.55. The van der Waals surface area contributed by atoms with E-state index in [1.165, 1.54) is 12.6 Å². The highest BCUT2D eigenvalue weighted by Gasteiger charge is 2.23. The molecule has 1 fully saturated rings. The Morgan fingerprint density at radius 3 is 2.94 bits per heavy atom. The van der Waals surface area contributed by atoms with Crippen LogP contribution in [0.2, 0.25) is 0 Å². The third-order valence-electron chi connectivity index (χ3n) is 3.26. The summed E-state index contributed by atoms with van der Waals surface area (Å²) < 4.78 is 0. The van der Waals surface area contributed by atoms with Crippen molar-refractivity contribution in [1.82, 2.24) is 15.3 Å². The molecule has 1 amide bonds. The lowest BCUT2D eigenvalue weighted by Crippen LogP contribution is -2.33. The highest BCUT2D eigenvalue weighted by atomic mass is 16.1. The van der Waals surface area contributed by atoms with Crippen LogP contribution in [0.25, 0.3) is 0 Å². The van der Waals surface area contributed by atoms with Crippen molar-refractivity contribution in [2.75, 3.05) is 11.9 Å². The van der Waals surface area contributed by atoms with Crippen LogP contribution >= 0.6 is 0 Å². The lowest BCUT2D eigenvalue weighted by atomic mass is 10.1. The summed E-state index contributed by atoms with van der Waals surface area (Å²) in [6.45, 7) is 4.96. The van der Waals surface area contributed by atoms with E-state index in [2.05, 4.69) is 27.5 Å². The van der Waals surface area contributed by atoms with Crippen molar-refractivity contribution in [2.24, 2.45) is 5.92 Å². The van der Waals surface area contributed by atoms with Crippen LogP contribution < -0.4 is 10.6 Å². The van der Waals surface area contributed by atoms with Gasteiger partial charge in [0.2, 0.25) is 0 Å². The lowest BCUT2D eigenvalue weighted by Gasteiger charge is -2.12. The second-order valence-electron chi connectivity index (χ2n) is 4.91. The van der Waals surface area contributed by atoms with Gasteiger partial charge in [0.25, 0.3) is 5.91 Å². The van der Waals surface area contributed by atoms with Gasteiger partial charge in [-0.05, 0) is 32.1 Å². The van der Waals surface area contributed by atoms with E-state index in [0.717, 1.165) is 19.4 Å². The molecule has 2 rings (SSSR count). The minimum absolute atomic E-state index is 0.124. The van der Waals surface area contributed by atoms with Crippen LogP contribution in [0, 0.1) is 5.92 Å². The molecule has 2 N–H and O–H groups in total. The van der Waals surface area contributed by atoms with Crippen LogP contribution in [0.4, 0.5) is 5.82 Å². The van der Waals surface area contributed by atoms with E-state index in [4.69, 9.17) is 0 Å². The quantitative estimate of drug-likeness (QED) is 0.853. The van der Waals surface area contributed by atoms with E-state index in [9.17, 15) is 4.79 Å². The number of nitrogens with one attached hydrogen (secondary N) is 2. The van der Waals surface area contributed by atoms with Crippen LogP contribution in [-0.4, -0.2) is 28.5 Å². The summed E-state index contributed by atoms with van der Waals surface area (Å²) in [5.41, 5.74) is 0.382. The molecule has 0 bridgehead atoms. The molecule has 0 aliphatic heterocycles. The van der Waals surface area contributed by atoms with E-state index in [-0.39, 0.29) is 11.9 Å². The molecule has 5 heteroatoms. The maximum Gasteiger partial charge on any atom is 0.271 e. The zero-order chi connectivity index (χ0) is 13.0. The summed E-state index contributed by atoms with van der Waals surface area (Å²) in [5, 5.41) is 6.08. The van der Waals surface area contributed by atoms with Crippen molar-refractivity contribution in [1.29, 1.82) is 0 Å². The van der Waals surface area contributed by atoms with Crippen LogP contribution in [0.15, 0.2) is 12.4 Å². The maximum absolute atomic E-state index is 12.0. The molecular weight excluding hydrogens is 228 g/mol. The molecule has 98 valence electrons. The molecule has 2 unspecified atom stereocenters. The average Bonchev–Trinajstić information content (AvgIpc) is 2.75. The van der Waals surface area contributed by atoms with E-state index in [0.29, 0.717) is 17.4 Å². The molecule has 0 radical (unpaired) electrons. The highest BCUT2D eigenvalue weighted by molar-refractivity contribution is 5.92. The average molecular weight is 248 g/mol. The number of amides is 1. The van der Waals surface area contributed by atoms with Gasteiger partial charge in [0.1, 0.15) is 11.5 Å². The second-order valence-corrected chi connectivity index (χ2v) is 4.91. The number of nitrogens with zero attached hydrogens (tertiary/aromatic N) is 2. The molecule has 0 saturated heterocycles. The van der Waals surface area contributed by atoms with E-state index < -0.39 is 0 Å². The molecule has 18 heavy (non-hydrogen) atoms. The number of aromatic nitrogens is 2. The largest absolute Gasteiger partial charge is 0.369 e. The topological polar surface area (TPSA) is 66.9 Å². The number of carbonyl (C=O) groups excluding carboxylic acids is 1. The molecule has 1 heterocycles. The van der Waals surface area contributed by atoms with Crippen molar-refractivity contribution in [3.8, 4) is 0 Å². The van der Waals surface area contributed by atoms with Gasteiger partial charge in [-0.1, -0.05) is 6.92 Å². The smallest absolute Gasteiger partial charge is 0.271 e. The zero-order valence-electron chi connectivity index (χ0n) is 10.9. The van der Waals surface area contributed by atoms with Gasteiger partial charge < -0.3 is 10.6 Å². The molecule has 1 saturated carbocycles. The van der Waals surface area contributed by atoms with Crippen molar-refractivity contribution in [3.05, 3.63) is 18.1 Å². The molecule has 0 spiro atoms. The Morgan fingerprint density at radius 2 is 2.28 bits per heavy atom. The number of hydrogen-bond acceptors (Lipinski definition) is 4. The standard InChI is InChI=1S/C13H20N4O/c1-3-15-12-8-14-7-11(17-12)13(18)16-10-5-4-9(2)6-10/h7-10H,3-6H2,1-2H3,(H,15,17)(H,16,18). The zero-order valence-corrected chi connectivity index (χ0v) is 10.9. The van der Waals surface area contributed by atoms with Crippen LogP contribution in [-0.2, 0) is 0 Å². The number of rotatable bonds is 4. The molecule has 1 aliphatic rings. The third kappa shape index (κ3) is 3.18. The van der Waals surface area contributed by atoms with Gasteiger partial charge >= 0.3 is 0 Å². The molecular formula is C13H20N4O. The predicted octanol–water partition coefficient (Wildman–Crippen LogP) is 1.83. The van der Waals surface area contributed by atoms with Gasteiger partial charge in [-0.15, -0.1) is 0 Å². The minimum Gasteiger partial charge on any atom is -0.369 e. The first kappa shape index (κ1) is 12.8. The Hall–Kier alpha value is -1.65. The molecule has 1 aliphatic carbocycles. The van der Waals surface area contributed by atoms with Crippen LogP contribution in [0.1, 0.15) is 43.6 Å². The first-order valence-corrected chi connectivity index (χ1v) is 6.55. The minimum atomic E-state index is -0.124. The van der Waals surface area contributed by atoms with Gasteiger partial charge in [0.15, 0.2) is 0 Å². The van der Waals surface area contributed by atoms with E-state index >= 15 is 0 Å². The Balaban J connectivity index is 1.97. The first-order chi connectivity index (χ1) is 8.69. The van der Waals surface area contributed by atoms with E-state index in [1.807, 2.05) is 6.92 Å². The van der Waals surface area contributed by atoms with Gasteiger partial charge in [-0.3, -0.25) is 9.78 Å². The Bertz CT molecular complexity index is 421. The Labute approximate surface area is 107 Å². The SMILES string of the molecule is CCNc1cncc(C(=O)NC2CCC(C)C2)n1.